The summed E-state index contributed by atoms with van der Waals surface area (Å²) in [5.74, 6) is 1.46. The molecule has 0 fully saturated rings. The number of methoxy groups -OCH3 is 1. The molecule has 0 aliphatic heterocycles. The van der Waals surface area contributed by atoms with Crippen LogP contribution in [-0.2, 0) is 4.74 Å². The molecule has 0 heterocycles. The lowest BCUT2D eigenvalue weighted by Crippen LogP contribution is -2.23. The molecule has 0 aliphatic carbocycles. The Labute approximate surface area is 110 Å². The molecule has 2 unspecified atom stereocenters. The molecule has 1 aromatic carbocycles. The Kier molecular flexibility index (Phi) is 6.76. The molecular weight excluding hydrogens is 226 g/mol. The predicted octanol–water partition coefficient (Wildman–Crippen LogP) is 2.81. The van der Waals surface area contributed by atoms with Crippen LogP contribution >= 0.6 is 0 Å². The molecule has 0 amide bonds. The van der Waals surface area contributed by atoms with Crippen molar-refractivity contribution in [1.29, 1.82) is 0 Å². The van der Waals surface area contributed by atoms with E-state index in [0.717, 1.165) is 12.2 Å². The van der Waals surface area contributed by atoms with Gasteiger partial charge in [-0.2, -0.15) is 0 Å². The van der Waals surface area contributed by atoms with E-state index in [-0.39, 0.29) is 0 Å². The van der Waals surface area contributed by atoms with Gasteiger partial charge in [-0.25, -0.2) is 0 Å². The third-order valence-electron chi connectivity index (χ3n) is 3.19. The van der Waals surface area contributed by atoms with Crippen molar-refractivity contribution in [2.45, 2.75) is 32.2 Å². The van der Waals surface area contributed by atoms with Gasteiger partial charge >= 0.3 is 0 Å². The van der Waals surface area contributed by atoms with E-state index in [9.17, 15) is 0 Å². The van der Waals surface area contributed by atoms with Gasteiger partial charge in [0.2, 0.25) is 0 Å². The summed E-state index contributed by atoms with van der Waals surface area (Å²) >= 11 is 0. The molecule has 3 heteroatoms. The summed E-state index contributed by atoms with van der Waals surface area (Å²) in [6.45, 7) is 5.66. The van der Waals surface area contributed by atoms with E-state index in [1.807, 2.05) is 19.2 Å². The van der Waals surface area contributed by atoms with Gasteiger partial charge in [-0.1, -0.05) is 25.1 Å². The molecule has 0 bridgehead atoms. The zero-order valence-electron chi connectivity index (χ0n) is 11.9. The normalized spacial score (nSPS) is 14.2. The Balaban J connectivity index is 2.68. The Bertz CT molecular complexity index is 341. The number of rotatable bonds is 8. The van der Waals surface area contributed by atoms with Gasteiger partial charge < -0.3 is 14.8 Å². The summed E-state index contributed by atoms with van der Waals surface area (Å²) < 4.78 is 10.8. The number of benzene rings is 1. The number of nitrogens with one attached hydrogen (secondary N) is 1. The maximum atomic E-state index is 5.77. The van der Waals surface area contributed by atoms with E-state index in [1.165, 1.54) is 5.56 Å². The predicted molar refractivity (Wildman–Crippen MR) is 75.4 cm³/mol. The second kappa shape index (κ2) is 8.11. The molecule has 3 nitrogen and oxygen atoms in total. The van der Waals surface area contributed by atoms with Gasteiger partial charge in [0.1, 0.15) is 12.4 Å². The van der Waals surface area contributed by atoms with Crippen molar-refractivity contribution in [2.24, 2.45) is 0 Å². The van der Waals surface area contributed by atoms with E-state index >= 15 is 0 Å². The molecule has 0 spiro atoms. The Morgan fingerprint density at radius 3 is 2.56 bits per heavy atom. The van der Waals surface area contributed by atoms with Crippen LogP contribution in [0.25, 0.3) is 0 Å². The monoisotopic (exact) mass is 251 g/mol. The lowest BCUT2D eigenvalue weighted by atomic mass is 9.94. The minimum atomic E-state index is 0.478. The highest BCUT2D eigenvalue weighted by Gasteiger charge is 2.13. The van der Waals surface area contributed by atoms with Crippen LogP contribution in [0.15, 0.2) is 24.3 Å². The van der Waals surface area contributed by atoms with Gasteiger partial charge in [0.15, 0.2) is 0 Å². The van der Waals surface area contributed by atoms with Crippen molar-refractivity contribution in [1.82, 2.24) is 5.32 Å². The molecule has 0 saturated heterocycles. The highest BCUT2D eigenvalue weighted by molar-refractivity contribution is 5.36. The van der Waals surface area contributed by atoms with Crippen LogP contribution < -0.4 is 10.1 Å². The minimum absolute atomic E-state index is 0.478. The zero-order valence-corrected chi connectivity index (χ0v) is 11.9. The van der Waals surface area contributed by atoms with Crippen molar-refractivity contribution >= 4 is 0 Å². The molecule has 0 aliphatic rings. The smallest absolute Gasteiger partial charge is 0.122 e. The zero-order chi connectivity index (χ0) is 13.4. The van der Waals surface area contributed by atoms with Gasteiger partial charge in [0.05, 0.1) is 6.61 Å². The number of hydrogen-bond donors (Lipinski definition) is 1. The number of para-hydroxylation sites is 1. The standard InChI is InChI=1S/C15H25NO2/c1-12(11-13(2)16-3)14-7-5-6-8-15(14)18-10-9-17-4/h5-8,12-13,16H,9-11H2,1-4H3. The van der Waals surface area contributed by atoms with Gasteiger partial charge in [-0.3, -0.25) is 0 Å². The number of ether oxygens (including phenoxy) is 2. The van der Waals surface area contributed by atoms with Crippen LogP contribution in [-0.4, -0.2) is 33.4 Å². The fourth-order valence-electron chi connectivity index (χ4n) is 2.03. The third kappa shape index (κ3) is 4.67. The molecule has 18 heavy (non-hydrogen) atoms. The van der Waals surface area contributed by atoms with E-state index in [0.29, 0.717) is 25.2 Å². The highest BCUT2D eigenvalue weighted by atomic mass is 16.5. The average molecular weight is 251 g/mol. The Hall–Kier alpha value is -1.06. The van der Waals surface area contributed by atoms with Gasteiger partial charge in [0, 0.05) is 13.2 Å². The molecular formula is C15H25NO2. The summed E-state index contributed by atoms with van der Waals surface area (Å²) in [4.78, 5) is 0. The maximum absolute atomic E-state index is 5.77. The molecule has 2 atom stereocenters. The van der Waals surface area contributed by atoms with Crippen molar-refractivity contribution in [3.63, 3.8) is 0 Å². The Morgan fingerprint density at radius 1 is 1.17 bits per heavy atom. The molecule has 1 N–H and O–H groups in total. The van der Waals surface area contributed by atoms with E-state index in [1.54, 1.807) is 7.11 Å². The van der Waals surface area contributed by atoms with Crippen LogP contribution in [0.3, 0.4) is 0 Å². The first-order chi connectivity index (χ1) is 8.69. The molecule has 0 saturated carbocycles. The first kappa shape index (κ1) is 15.0. The molecule has 0 radical (unpaired) electrons. The quantitative estimate of drug-likeness (QED) is 0.721. The van der Waals surface area contributed by atoms with E-state index in [4.69, 9.17) is 9.47 Å². The van der Waals surface area contributed by atoms with Crippen LogP contribution in [0.1, 0.15) is 31.7 Å². The van der Waals surface area contributed by atoms with Crippen molar-refractivity contribution < 1.29 is 9.47 Å². The van der Waals surface area contributed by atoms with Crippen LogP contribution in [0.2, 0.25) is 0 Å². The van der Waals surface area contributed by atoms with E-state index in [2.05, 4.69) is 31.3 Å². The second-order valence-electron chi connectivity index (χ2n) is 4.71. The van der Waals surface area contributed by atoms with Crippen LogP contribution in [0, 0.1) is 0 Å². The van der Waals surface area contributed by atoms with Gasteiger partial charge in [0.25, 0.3) is 0 Å². The lowest BCUT2D eigenvalue weighted by molar-refractivity contribution is 0.145. The SMILES string of the molecule is CNC(C)CC(C)c1ccccc1OCCOC. The summed E-state index contributed by atoms with van der Waals surface area (Å²) in [5, 5.41) is 3.28. The maximum Gasteiger partial charge on any atom is 0.122 e. The van der Waals surface area contributed by atoms with Crippen molar-refractivity contribution in [3.05, 3.63) is 29.8 Å². The highest BCUT2D eigenvalue weighted by Crippen LogP contribution is 2.29. The lowest BCUT2D eigenvalue weighted by Gasteiger charge is -2.20. The fourth-order valence-corrected chi connectivity index (χ4v) is 2.03. The first-order valence-corrected chi connectivity index (χ1v) is 6.57. The van der Waals surface area contributed by atoms with Gasteiger partial charge in [-0.15, -0.1) is 0 Å². The average Bonchev–Trinajstić information content (AvgIpc) is 2.39. The van der Waals surface area contributed by atoms with E-state index < -0.39 is 0 Å². The molecule has 1 rings (SSSR count). The van der Waals surface area contributed by atoms with Gasteiger partial charge in [-0.05, 0) is 37.9 Å². The summed E-state index contributed by atoms with van der Waals surface area (Å²) in [7, 11) is 3.69. The molecule has 102 valence electrons. The fraction of sp³-hybridized carbons (Fsp3) is 0.600. The number of hydrogen-bond acceptors (Lipinski definition) is 3. The topological polar surface area (TPSA) is 30.5 Å². The van der Waals surface area contributed by atoms with Crippen LogP contribution in [0.4, 0.5) is 0 Å². The Morgan fingerprint density at radius 2 is 1.89 bits per heavy atom. The molecule has 0 aromatic heterocycles. The minimum Gasteiger partial charge on any atom is -0.491 e. The van der Waals surface area contributed by atoms with Crippen molar-refractivity contribution in [2.75, 3.05) is 27.4 Å². The summed E-state index contributed by atoms with van der Waals surface area (Å²) in [5.41, 5.74) is 1.27. The second-order valence-corrected chi connectivity index (χ2v) is 4.71. The third-order valence-corrected chi connectivity index (χ3v) is 3.19. The first-order valence-electron chi connectivity index (χ1n) is 6.57. The summed E-state index contributed by atoms with van der Waals surface area (Å²) in [6, 6.07) is 8.77. The summed E-state index contributed by atoms with van der Waals surface area (Å²) in [6.07, 6.45) is 1.10. The molecule has 1 aromatic rings. The largest absolute Gasteiger partial charge is 0.491 e. The van der Waals surface area contributed by atoms with Crippen molar-refractivity contribution in [3.8, 4) is 5.75 Å². The van der Waals surface area contributed by atoms with Crippen LogP contribution in [0.5, 0.6) is 5.75 Å².